The van der Waals surface area contributed by atoms with E-state index in [1.807, 2.05) is 36.4 Å². The van der Waals surface area contributed by atoms with Crippen molar-refractivity contribution >= 4 is 45.2 Å². The lowest BCUT2D eigenvalue weighted by molar-refractivity contribution is -0.127. The van der Waals surface area contributed by atoms with Gasteiger partial charge in [-0.05, 0) is 11.1 Å². The Labute approximate surface area is 216 Å². The number of ether oxygens (including phenoxy) is 5. The van der Waals surface area contributed by atoms with Gasteiger partial charge in [0.25, 0.3) is 0 Å². The Morgan fingerprint density at radius 1 is 0.812 bits per heavy atom. The molecule has 7 heteroatoms. The summed E-state index contributed by atoms with van der Waals surface area (Å²) < 4.78 is 34.2. The molecule has 3 unspecified atom stereocenters. The second-order valence-corrected chi connectivity index (χ2v) is 10.4. The van der Waals surface area contributed by atoms with Gasteiger partial charge in [0.15, 0.2) is 0 Å². The van der Waals surface area contributed by atoms with Gasteiger partial charge < -0.3 is 23.7 Å². The summed E-state index contributed by atoms with van der Waals surface area (Å²) in [6, 6.07) is 20.5. The zero-order chi connectivity index (χ0) is 22.0. The third kappa shape index (κ3) is 4.63. The van der Waals surface area contributed by atoms with Crippen molar-refractivity contribution in [1.29, 1.82) is 0 Å². The lowest BCUT2D eigenvalue weighted by Gasteiger charge is -2.26. The van der Waals surface area contributed by atoms with E-state index in [9.17, 15) is 0 Å². The third-order valence-electron chi connectivity index (χ3n) is 6.55. The Bertz CT molecular complexity index is 869. The van der Waals surface area contributed by atoms with Crippen molar-refractivity contribution in [1.82, 2.24) is 0 Å². The van der Waals surface area contributed by atoms with Crippen LogP contribution in [0.3, 0.4) is 0 Å². The van der Waals surface area contributed by atoms with E-state index in [1.54, 1.807) is 0 Å². The zero-order valence-electron chi connectivity index (χ0n) is 17.8. The Kier molecular flexibility index (Phi) is 7.72. The van der Waals surface area contributed by atoms with Crippen LogP contribution in [0, 0.1) is 0 Å². The minimum absolute atomic E-state index is 0.0302. The molecule has 0 aliphatic carbocycles. The molecule has 7 atom stereocenters. The second kappa shape index (κ2) is 10.5. The van der Waals surface area contributed by atoms with E-state index >= 15 is 0 Å². The number of alkyl halides is 2. The van der Waals surface area contributed by atoms with E-state index in [2.05, 4.69) is 69.4 Å². The zero-order valence-corrected chi connectivity index (χ0v) is 22.1. The Morgan fingerprint density at radius 2 is 1.50 bits per heavy atom. The molecule has 0 N–H and O–H groups in total. The predicted molar refractivity (Wildman–Crippen MR) is 138 cm³/mol. The van der Waals surface area contributed by atoms with Crippen LogP contribution in [0.2, 0.25) is 0 Å². The van der Waals surface area contributed by atoms with Crippen molar-refractivity contribution in [2.24, 2.45) is 0 Å². The summed E-state index contributed by atoms with van der Waals surface area (Å²) in [6.45, 7) is 1.54. The van der Waals surface area contributed by atoms with E-state index < -0.39 is 5.60 Å². The van der Waals surface area contributed by atoms with Crippen LogP contribution in [0.15, 0.2) is 60.7 Å². The van der Waals surface area contributed by atoms with Gasteiger partial charge >= 0.3 is 0 Å². The molecule has 32 heavy (non-hydrogen) atoms. The molecule has 3 aliphatic rings. The molecule has 2 aromatic carbocycles. The van der Waals surface area contributed by atoms with Gasteiger partial charge in [0.05, 0.1) is 32.0 Å². The molecule has 0 radical (unpaired) electrons. The van der Waals surface area contributed by atoms with Crippen molar-refractivity contribution in [2.75, 3.05) is 15.5 Å². The van der Waals surface area contributed by atoms with Crippen molar-refractivity contribution in [3.63, 3.8) is 0 Å². The number of benzene rings is 2. The summed E-state index contributed by atoms with van der Waals surface area (Å²) in [4.78, 5) is 0. The van der Waals surface area contributed by atoms with Crippen LogP contribution < -0.4 is 0 Å². The lowest BCUT2D eigenvalue weighted by atomic mass is 9.87. The van der Waals surface area contributed by atoms with E-state index in [0.29, 0.717) is 19.8 Å². The molecule has 5 rings (SSSR count). The average molecular weight is 662 g/mol. The lowest BCUT2D eigenvalue weighted by Crippen LogP contribution is -2.45. The number of hydrogen-bond donors (Lipinski definition) is 0. The number of hydrogen-bond acceptors (Lipinski definition) is 5. The molecular formula is C25H28I2O5. The molecule has 172 valence electrons. The molecule has 3 heterocycles. The minimum atomic E-state index is -0.451. The topological polar surface area (TPSA) is 46.2 Å². The quantitative estimate of drug-likeness (QED) is 0.288. The van der Waals surface area contributed by atoms with Crippen LogP contribution >= 0.6 is 45.2 Å². The maximum atomic E-state index is 6.79. The summed E-state index contributed by atoms with van der Waals surface area (Å²) in [6.07, 6.45) is 0.484. The van der Waals surface area contributed by atoms with Gasteiger partial charge in [-0.3, -0.25) is 0 Å². The molecular weight excluding hydrogens is 634 g/mol. The van der Waals surface area contributed by atoms with Crippen LogP contribution in [-0.4, -0.2) is 57.7 Å². The number of rotatable bonds is 9. The van der Waals surface area contributed by atoms with Crippen LogP contribution in [0.1, 0.15) is 17.5 Å². The van der Waals surface area contributed by atoms with Crippen LogP contribution in [-0.2, 0) is 36.9 Å². The fourth-order valence-electron chi connectivity index (χ4n) is 5.15. The molecule has 1 spiro atoms. The van der Waals surface area contributed by atoms with Crippen LogP contribution in [0.5, 0.6) is 0 Å². The Morgan fingerprint density at radius 3 is 2.16 bits per heavy atom. The fourth-order valence-corrected chi connectivity index (χ4v) is 6.33. The van der Waals surface area contributed by atoms with Crippen molar-refractivity contribution < 1.29 is 23.7 Å². The van der Waals surface area contributed by atoms with E-state index in [0.717, 1.165) is 26.4 Å². The van der Waals surface area contributed by atoms with Crippen molar-refractivity contribution in [3.05, 3.63) is 71.8 Å². The smallest absolute Gasteiger partial charge is 0.129 e. The summed E-state index contributed by atoms with van der Waals surface area (Å²) in [5.74, 6) is 0. The monoisotopic (exact) mass is 662 g/mol. The van der Waals surface area contributed by atoms with Crippen molar-refractivity contribution in [3.8, 4) is 0 Å². The molecule has 3 saturated heterocycles. The molecule has 3 fully saturated rings. The normalized spacial score (nSPS) is 35.7. The fraction of sp³-hybridized carbons (Fsp3) is 0.520. The van der Waals surface area contributed by atoms with Gasteiger partial charge in [-0.1, -0.05) is 106 Å². The van der Waals surface area contributed by atoms with Gasteiger partial charge in [-0.15, -0.1) is 0 Å². The molecule has 0 saturated carbocycles. The second-order valence-electron chi connectivity index (χ2n) is 8.66. The first-order chi connectivity index (χ1) is 15.7. The van der Waals surface area contributed by atoms with Gasteiger partial charge in [-0.25, -0.2) is 0 Å². The molecule has 0 bridgehead atoms. The highest BCUT2D eigenvalue weighted by molar-refractivity contribution is 14.1. The Hall–Kier alpha value is -0.300. The molecule has 0 amide bonds. The van der Waals surface area contributed by atoms with Crippen molar-refractivity contribution in [2.45, 2.75) is 61.9 Å². The first-order valence-corrected chi connectivity index (χ1v) is 14.2. The molecule has 3 aliphatic heterocycles. The summed E-state index contributed by atoms with van der Waals surface area (Å²) in [7, 11) is 0. The first kappa shape index (κ1) is 23.4. The van der Waals surface area contributed by atoms with Crippen LogP contribution in [0.25, 0.3) is 0 Å². The maximum Gasteiger partial charge on any atom is 0.129 e. The van der Waals surface area contributed by atoms with Gasteiger partial charge in [0.2, 0.25) is 0 Å². The molecule has 5 nitrogen and oxygen atoms in total. The third-order valence-corrected chi connectivity index (χ3v) is 8.40. The van der Waals surface area contributed by atoms with Crippen LogP contribution in [0.4, 0.5) is 0 Å². The van der Waals surface area contributed by atoms with E-state index in [4.69, 9.17) is 23.7 Å². The average Bonchev–Trinajstić information content (AvgIpc) is 3.43. The maximum absolute atomic E-state index is 6.79. The van der Waals surface area contributed by atoms with E-state index in [1.165, 1.54) is 0 Å². The summed E-state index contributed by atoms with van der Waals surface area (Å²) >= 11 is 4.79. The molecule has 2 aromatic rings. The highest BCUT2D eigenvalue weighted by atomic mass is 127. The summed E-state index contributed by atoms with van der Waals surface area (Å²) in [5.41, 5.74) is 1.84. The SMILES string of the molecule is ICC1C[C@@]23O[C@H](COCc4ccccc4)[C@@H](OCc4ccccc4)[C@@H]2OC(CI)C3O1. The largest absolute Gasteiger partial charge is 0.374 e. The van der Waals surface area contributed by atoms with Gasteiger partial charge in [0, 0.05) is 15.3 Å². The summed E-state index contributed by atoms with van der Waals surface area (Å²) in [5, 5.41) is 0. The van der Waals surface area contributed by atoms with Gasteiger partial charge in [-0.2, -0.15) is 0 Å². The van der Waals surface area contributed by atoms with E-state index in [-0.39, 0.29) is 36.6 Å². The predicted octanol–water partition coefficient (Wildman–Crippen LogP) is 4.72. The minimum Gasteiger partial charge on any atom is -0.374 e. The standard InChI is InChI=1S/C25H28I2O5/c26-12-19-11-25-23(30-19)20(13-27)31-24(25)22(29-15-18-9-5-2-6-10-18)21(32-25)16-28-14-17-7-3-1-4-8-17/h1-10,19-24H,11-16H2/t19?,20?,21-,22-,23?,24+,25+/m1/s1. The number of halogens is 2. The van der Waals surface area contributed by atoms with Gasteiger partial charge in [0.1, 0.15) is 30.0 Å². The highest BCUT2D eigenvalue weighted by Gasteiger charge is 2.70. The first-order valence-electron chi connectivity index (χ1n) is 11.1. The highest BCUT2D eigenvalue weighted by Crippen LogP contribution is 2.53. The Balaban J connectivity index is 1.33. The molecule has 0 aromatic heterocycles.